The van der Waals surface area contributed by atoms with Gasteiger partial charge in [0.15, 0.2) is 5.78 Å². The van der Waals surface area contributed by atoms with Crippen LogP contribution in [0, 0.1) is 12.3 Å². The molecule has 0 aliphatic carbocycles. The van der Waals surface area contributed by atoms with Gasteiger partial charge >= 0.3 is 5.97 Å². The average Bonchev–Trinajstić information content (AvgIpc) is 2.70. The lowest BCUT2D eigenvalue weighted by molar-refractivity contribution is -0.147. The number of nitrogens with one attached hydrogen (secondary N) is 1. The van der Waals surface area contributed by atoms with Crippen LogP contribution in [0.3, 0.4) is 0 Å². The quantitative estimate of drug-likeness (QED) is 0.227. The topological polar surface area (TPSA) is 72.5 Å². The second-order valence-electron chi connectivity index (χ2n) is 6.69. The lowest BCUT2D eigenvalue weighted by Gasteiger charge is -2.17. The molecule has 0 aliphatic rings. The summed E-state index contributed by atoms with van der Waals surface area (Å²) in [6.07, 6.45) is 12.3. The number of amides is 1. The van der Waals surface area contributed by atoms with Crippen molar-refractivity contribution in [1.82, 2.24) is 5.32 Å². The lowest BCUT2D eigenvalue weighted by atomic mass is 10.0. The highest BCUT2D eigenvalue weighted by atomic mass is 16.5. The standard InChI is InChI=1S/C23H31NO4/c1-3-5-6-7-8-9-10-14-17-22(26)24-20(23(27)28-4-2)18-21(25)19-15-12-11-13-16-19/h1,11-13,15-16,20H,4-10,14,17-18H2,2H3,(H,24,26)/t20-/m1/s1. The van der Waals surface area contributed by atoms with Crippen molar-refractivity contribution >= 4 is 17.7 Å². The van der Waals surface area contributed by atoms with Crippen LogP contribution in [-0.2, 0) is 14.3 Å². The molecule has 1 aromatic carbocycles. The summed E-state index contributed by atoms with van der Waals surface area (Å²) in [6.45, 7) is 1.89. The Kier molecular flexibility index (Phi) is 12.1. The number of carbonyl (C=O) groups is 3. The molecule has 0 bridgehead atoms. The van der Waals surface area contributed by atoms with E-state index in [0.29, 0.717) is 12.0 Å². The highest BCUT2D eigenvalue weighted by Gasteiger charge is 2.25. The first kappa shape index (κ1) is 23.4. The molecule has 5 nitrogen and oxygen atoms in total. The number of ether oxygens (including phenoxy) is 1. The van der Waals surface area contributed by atoms with Crippen LogP contribution in [0.25, 0.3) is 0 Å². The molecule has 1 rings (SSSR count). The number of terminal acetylenes is 1. The number of hydrogen-bond acceptors (Lipinski definition) is 4. The summed E-state index contributed by atoms with van der Waals surface area (Å²) in [5.41, 5.74) is 0.510. The van der Waals surface area contributed by atoms with E-state index in [1.807, 2.05) is 6.07 Å². The van der Waals surface area contributed by atoms with E-state index in [1.165, 1.54) is 0 Å². The minimum absolute atomic E-state index is 0.107. The summed E-state index contributed by atoms with van der Waals surface area (Å²) in [7, 11) is 0. The summed E-state index contributed by atoms with van der Waals surface area (Å²) in [6, 6.07) is 7.77. The first-order valence-electron chi connectivity index (χ1n) is 10.1. The summed E-state index contributed by atoms with van der Waals surface area (Å²) in [5.74, 6) is 1.62. The van der Waals surface area contributed by atoms with Crippen molar-refractivity contribution < 1.29 is 19.1 Å². The zero-order valence-corrected chi connectivity index (χ0v) is 16.7. The van der Waals surface area contributed by atoms with E-state index in [0.717, 1.165) is 44.9 Å². The monoisotopic (exact) mass is 385 g/mol. The number of esters is 1. The van der Waals surface area contributed by atoms with Gasteiger partial charge in [-0.3, -0.25) is 9.59 Å². The third-order valence-electron chi connectivity index (χ3n) is 4.37. The van der Waals surface area contributed by atoms with Crippen molar-refractivity contribution in [3.63, 3.8) is 0 Å². The van der Waals surface area contributed by atoms with Crippen LogP contribution in [0.5, 0.6) is 0 Å². The first-order valence-corrected chi connectivity index (χ1v) is 10.1. The Morgan fingerprint density at radius 2 is 1.68 bits per heavy atom. The molecule has 1 aromatic rings. The van der Waals surface area contributed by atoms with Crippen molar-refractivity contribution in [3.05, 3.63) is 35.9 Å². The molecule has 0 radical (unpaired) electrons. The van der Waals surface area contributed by atoms with Gasteiger partial charge in [0.2, 0.25) is 5.91 Å². The van der Waals surface area contributed by atoms with E-state index >= 15 is 0 Å². The molecule has 0 heterocycles. The molecule has 0 saturated heterocycles. The van der Waals surface area contributed by atoms with Crippen LogP contribution >= 0.6 is 0 Å². The van der Waals surface area contributed by atoms with Crippen LogP contribution < -0.4 is 5.32 Å². The predicted molar refractivity (Wildman–Crippen MR) is 110 cm³/mol. The van der Waals surface area contributed by atoms with Crippen molar-refractivity contribution in [2.75, 3.05) is 6.61 Å². The minimum Gasteiger partial charge on any atom is -0.464 e. The van der Waals surface area contributed by atoms with Crippen molar-refractivity contribution in [3.8, 4) is 12.3 Å². The van der Waals surface area contributed by atoms with E-state index in [4.69, 9.17) is 11.2 Å². The number of benzene rings is 1. The smallest absolute Gasteiger partial charge is 0.329 e. The molecule has 1 atom stereocenters. The van der Waals surface area contributed by atoms with Gasteiger partial charge < -0.3 is 10.1 Å². The number of Topliss-reactive ketones (excluding diaryl/α,β-unsaturated/α-hetero) is 1. The molecular formula is C23H31NO4. The molecule has 1 N–H and O–H groups in total. The van der Waals surface area contributed by atoms with Gasteiger partial charge in [0.1, 0.15) is 6.04 Å². The van der Waals surface area contributed by atoms with Gasteiger partial charge in [0.05, 0.1) is 6.61 Å². The van der Waals surface area contributed by atoms with Gasteiger partial charge in [-0.1, -0.05) is 56.0 Å². The maximum Gasteiger partial charge on any atom is 0.329 e. The van der Waals surface area contributed by atoms with Crippen molar-refractivity contribution in [1.29, 1.82) is 0 Å². The van der Waals surface area contributed by atoms with Gasteiger partial charge in [-0.2, -0.15) is 0 Å². The van der Waals surface area contributed by atoms with E-state index < -0.39 is 12.0 Å². The number of ketones is 1. The van der Waals surface area contributed by atoms with E-state index in [-0.39, 0.29) is 24.7 Å². The molecule has 0 aliphatic heterocycles. The fourth-order valence-electron chi connectivity index (χ4n) is 2.85. The highest BCUT2D eigenvalue weighted by molar-refractivity contribution is 5.99. The Bertz CT molecular complexity index is 648. The normalized spacial score (nSPS) is 11.3. The van der Waals surface area contributed by atoms with Crippen LogP contribution in [-0.4, -0.2) is 30.3 Å². The Balaban J connectivity index is 2.42. The van der Waals surface area contributed by atoms with Crippen LogP contribution in [0.4, 0.5) is 0 Å². The zero-order chi connectivity index (χ0) is 20.6. The highest BCUT2D eigenvalue weighted by Crippen LogP contribution is 2.10. The lowest BCUT2D eigenvalue weighted by Crippen LogP contribution is -2.43. The van der Waals surface area contributed by atoms with E-state index in [1.54, 1.807) is 31.2 Å². The molecule has 1 amide bonds. The first-order chi connectivity index (χ1) is 13.6. The summed E-state index contributed by atoms with van der Waals surface area (Å²) < 4.78 is 5.01. The Morgan fingerprint density at radius 3 is 2.32 bits per heavy atom. The number of rotatable bonds is 14. The fraction of sp³-hybridized carbons (Fsp3) is 0.522. The van der Waals surface area contributed by atoms with Gasteiger partial charge in [0, 0.05) is 24.8 Å². The van der Waals surface area contributed by atoms with E-state index in [9.17, 15) is 14.4 Å². The molecule has 0 aromatic heterocycles. The Hall–Kier alpha value is -2.61. The number of hydrogen-bond donors (Lipinski definition) is 1. The number of carbonyl (C=O) groups excluding carboxylic acids is 3. The zero-order valence-electron chi connectivity index (χ0n) is 16.7. The predicted octanol–water partition coefficient (Wildman–Crippen LogP) is 4.06. The maximum atomic E-state index is 12.4. The van der Waals surface area contributed by atoms with Gasteiger partial charge in [0.25, 0.3) is 0 Å². The van der Waals surface area contributed by atoms with E-state index in [2.05, 4.69) is 11.2 Å². The third kappa shape index (κ3) is 9.91. The largest absolute Gasteiger partial charge is 0.464 e. The molecule has 28 heavy (non-hydrogen) atoms. The van der Waals surface area contributed by atoms with Crippen molar-refractivity contribution in [2.24, 2.45) is 0 Å². The Labute approximate surface area is 168 Å². The van der Waals surface area contributed by atoms with Crippen LogP contribution in [0.15, 0.2) is 30.3 Å². The summed E-state index contributed by atoms with van der Waals surface area (Å²) >= 11 is 0. The second-order valence-corrected chi connectivity index (χ2v) is 6.69. The molecule has 0 unspecified atom stereocenters. The molecule has 0 saturated carbocycles. The van der Waals surface area contributed by atoms with Gasteiger partial charge in [-0.15, -0.1) is 12.3 Å². The SMILES string of the molecule is C#CCCCCCCCCC(=O)N[C@H](CC(=O)c1ccccc1)C(=O)OCC. The average molecular weight is 386 g/mol. The maximum absolute atomic E-state index is 12.4. The molecule has 0 spiro atoms. The summed E-state index contributed by atoms with van der Waals surface area (Å²) in [5, 5.41) is 2.66. The van der Waals surface area contributed by atoms with Crippen molar-refractivity contribution in [2.45, 2.75) is 70.8 Å². The van der Waals surface area contributed by atoms with Gasteiger partial charge in [-0.05, 0) is 19.8 Å². The molecule has 0 fully saturated rings. The molecule has 5 heteroatoms. The molecular weight excluding hydrogens is 354 g/mol. The van der Waals surface area contributed by atoms with Crippen LogP contribution in [0.2, 0.25) is 0 Å². The molecule has 152 valence electrons. The third-order valence-corrected chi connectivity index (χ3v) is 4.37. The number of unbranched alkanes of at least 4 members (excludes halogenated alkanes) is 6. The second kappa shape index (κ2) is 14.4. The Morgan fingerprint density at radius 1 is 1.04 bits per heavy atom. The van der Waals surface area contributed by atoms with Crippen LogP contribution in [0.1, 0.15) is 75.1 Å². The minimum atomic E-state index is -0.955. The van der Waals surface area contributed by atoms with Gasteiger partial charge in [-0.25, -0.2) is 4.79 Å². The fourth-order valence-corrected chi connectivity index (χ4v) is 2.85. The summed E-state index contributed by atoms with van der Waals surface area (Å²) in [4.78, 5) is 36.7.